The van der Waals surface area contributed by atoms with Crippen molar-refractivity contribution in [2.75, 3.05) is 0 Å². The molecule has 19 heavy (non-hydrogen) atoms. The molecule has 3 aromatic rings. The van der Waals surface area contributed by atoms with Gasteiger partial charge in [-0.15, -0.1) is 11.3 Å². The van der Waals surface area contributed by atoms with E-state index in [-0.39, 0.29) is 0 Å². The SMILES string of the molecule is Cc1csc(P(c2ccccc2)c2ccccc2)c1. The van der Waals surface area contributed by atoms with Gasteiger partial charge < -0.3 is 0 Å². The van der Waals surface area contributed by atoms with Crippen molar-refractivity contribution >= 4 is 34.5 Å². The smallest absolute Gasteiger partial charge is 0.0371 e. The molecule has 3 rings (SSSR count). The second-order valence-electron chi connectivity index (χ2n) is 4.47. The molecule has 0 aliphatic rings. The van der Waals surface area contributed by atoms with Crippen LogP contribution in [0, 0.1) is 6.92 Å². The number of thiophene rings is 1. The lowest BCUT2D eigenvalue weighted by Crippen LogP contribution is -2.18. The summed E-state index contributed by atoms with van der Waals surface area (Å²) in [5, 5.41) is 5.09. The molecule has 0 amide bonds. The summed E-state index contributed by atoms with van der Waals surface area (Å²) in [6, 6.07) is 24.0. The van der Waals surface area contributed by atoms with Gasteiger partial charge in [-0.3, -0.25) is 0 Å². The Hall–Kier alpha value is -1.43. The van der Waals surface area contributed by atoms with Crippen LogP contribution in [0.15, 0.2) is 72.1 Å². The monoisotopic (exact) mass is 282 g/mol. The van der Waals surface area contributed by atoms with Gasteiger partial charge in [-0.25, -0.2) is 0 Å². The first kappa shape index (κ1) is 12.6. The van der Waals surface area contributed by atoms with Gasteiger partial charge in [0.2, 0.25) is 0 Å². The summed E-state index contributed by atoms with van der Waals surface area (Å²) in [6.45, 7) is 2.17. The molecule has 0 bridgehead atoms. The van der Waals surface area contributed by atoms with E-state index in [0.717, 1.165) is 0 Å². The van der Waals surface area contributed by atoms with E-state index in [4.69, 9.17) is 0 Å². The molecule has 0 saturated carbocycles. The van der Waals surface area contributed by atoms with Crippen LogP contribution in [-0.2, 0) is 0 Å². The summed E-state index contributed by atoms with van der Waals surface area (Å²) in [6.07, 6.45) is 0. The van der Waals surface area contributed by atoms with Crippen LogP contribution in [0.1, 0.15) is 5.56 Å². The van der Waals surface area contributed by atoms with Crippen molar-refractivity contribution < 1.29 is 0 Å². The second kappa shape index (κ2) is 5.69. The molecule has 0 spiro atoms. The summed E-state index contributed by atoms with van der Waals surface area (Å²) in [4.78, 5) is 0. The van der Waals surface area contributed by atoms with Gasteiger partial charge in [-0.05, 0) is 42.5 Å². The third-order valence-electron chi connectivity index (χ3n) is 2.97. The van der Waals surface area contributed by atoms with Crippen molar-refractivity contribution in [3.05, 3.63) is 77.7 Å². The van der Waals surface area contributed by atoms with Gasteiger partial charge in [0.15, 0.2) is 0 Å². The number of hydrogen-bond donors (Lipinski definition) is 0. The normalized spacial score (nSPS) is 10.8. The summed E-state index contributed by atoms with van der Waals surface area (Å²) in [5.74, 6) is 0. The molecule has 2 aromatic carbocycles. The molecule has 1 aromatic heterocycles. The molecular weight excluding hydrogens is 267 g/mol. The van der Waals surface area contributed by atoms with Crippen molar-refractivity contribution in [3.63, 3.8) is 0 Å². The fraction of sp³-hybridized carbons (Fsp3) is 0.0588. The van der Waals surface area contributed by atoms with Crippen LogP contribution in [0.4, 0.5) is 0 Å². The van der Waals surface area contributed by atoms with Gasteiger partial charge in [0, 0.05) is 4.62 Å². The Labute approximate surface area is 119 Å². The Morgan fingerprint density at radius 1 is 0.789 bits per heavy atom. The van der Waals surface area contributed by atoms with Gasteiger partial charge in [0.1, 0.15) is 0 Å². The van der Waals surface area contributed by atoms with Crippen LogP contribution in [0.25, 0.3) is 0 Å². The standard InChI is InChI=1S/C17H15PS/c1-14-12-17(19-13-14)18(15-8-4-2-5-9-15)16-10-6-3-7-11-16/h2-13H,1H3. The Balaban J connectivity index is 2.11. The zero-order valence-corrected chi connectivity index (χ0v) is 12.5. The van der Waals surface area contributed by atoms with Crippen LogP contribution < -0.4 is 15.2 Å². The Morgan fingerprint density at radius 3 is 1.74 bits per heavy atom. The number of benzene rings is 2. The largest absolute Gasteiger partial charge is 0.143 e. The minimum absolute atomic E-state index is 0.407. The van der Waals surface area contributed by atoms with Crippen LogP contribution in [0.3, 0.4) is 0 Å². The Bertz CT molecular complexity index is 604. The highest BCUT2D eigenvalue weighted by Gasteiger charge is 2.17. The molecule has 0 nitrogen and oxygen atoms in total. The molecule has 0 fully saturated rings. The number of rotatable bonds is 3. The fourth-order valence-electron chi connectivity index (χ4n) is 2.09. The van der Waals surface area contributed by atoms with Gasteiger partial charge in [0.05, 0.1) is 0 Å². The highest BCUT2D eigenvalue weighted by atomic mass is 32.1. The quantitative estimate of drug-likeness (QED) is 0.641. The lowest BCUT2D eigenvalue weighted by Gasteiger charge is -2.16. The second-order valence-corrected chi connectivity index (χ2v) is 7.87. The molecule has 0 aliphatic carbocycles. The Kier molecular flexibility index (Phi) is 3.77. The molecule has 0 saturated heterocycles. The van der Waals surface area contributed by atoms with Crippen LogP contribution >= 0.6 is 19.3 Å². The van der Waals surface area contributed by atoms with Gasteiger partial charge in [0.25, 0.3) is 0 Å². The average molecular weight is 282 g/mol. The zero-order chi connectivity index (χ0) is 13.1. The molecule has 0 radical (unpaired) electrons. The number of hydrogen-bond acceptors (Lipinski definition) is 1. The fourth-order valence-corrected chi connectivity index (χ4v) is 6.01. The maximum Gasteiger partial charge on any atom is 0.0371 e. The van der Waals surface area contributed by atoms with Crippen molar-refractivity contribution in [1.29, 1.82) is 0 Å². The lowest BCUT2D eigenvalue weighted by atomic mass is 10.4. The first-order chi connectivity index (χ1) is 9.34. The van der Waals surface area contributed by atoms with E-state index in [9.17, 15) is 0 Å². The van der Waals surface area contributed by atoms with Crippen molar-refractivity contribution in [2.45, 2.75) is 6.92 Å². The number of aryl methyl sites for hydroxylation is 1. The maximum atomic E-state index is 2.33. The third-order valence-corrected chi connectivity index (χ3v) is 6.88. The van der Waals surface area contributed by atoms with Crippen LogP contribution in [0.5, 0.6) is 0 Å². The van der Waals surface area contributed by atoms with Crippen molar-refractivity contribution in [2.24, 2.45) is 0 Å². The highest BCUT2D eigenvalue weighted by Crippen LogP contribution is 2.34. The minimum Gasteiger partial charge on any atom is -0.143 e. The maximum absolute atomic E-state index is 2.33. The van der Waals surface area contributed by atoms with E-state index in [1.807, 2.05) is 11.3 Å². The summed E-state index contributed by atoms with van der Waals surface area (Å²) in [7, 11) is -0.407. The lowest BCUT2D eigenvalue weighted by molar-refractivity contribution is 1.57. The molecule has 0 aliphatic heterocycles. The third kappa shape index (κ3) is 2.78. The van der Waals surface area contributed by atoms with E-state index < -0.39 is 7.92 Å². The molecule has 0 atom stereocenters. The predicted molar refractivity (Wildman–Crippen MR) is 87.8 cm³/mol. The van der Waals surface area contributed by atoms with Gasteiger partial charge >= 0.3 is 0 Å². The van der Waals surface area contributed by atoms with Crippen LogP contribution in [0.2, 0.25) is 0 Å². The topological polar surface area (TPSA) is 0 Å². The van der Waals surface area contributed by atoms with Gasteiger partial charge in [-0.2, -0.15) is 0 Å². The summed E-state index contributed by atoms with van der Waals surface area (Å²) >= 11 is 1.88. The zero-order valence-electron chi connectivity index (χ0n) is 10.8. The molecule has 94 valence electrons. The first-order valence-corrected chi connectivity index (χ1v) is 8.52. The molecular formula is C17H15PS. The van der Waals surface area contributed by atoms with E-state index >= 15 is 0 Å². The van der Waals surface area contributed by atoms with E-state index in [1.54, 1.807) is 0 Å². The van der Waals surface area contributed by atoms with Crippen molar-refractivity contribution in [3.8, 4) is 0 Å². The molecule has 0 N–H and O–H groups in total. The highest BCUT2D eigenvalue weighted by molar-refractivity contribution is 7.84. The molecule has 0 unspecified atom stereocenters. The van der Waals surface area contributed by atoms with Gasteiger partial charge in [-0.1, -0.05) is 60.7 Å². The van der Waals surface area contributed by atoms with E-state index in [2.05, 4.69) is 79.0 Å². The first-order valence-electron chi connectivity index (χ1n) is 6.30. The summed E-state index contributed by atoms with van der Waals surface area (Å²) < 4.78 is 1.48. The predicted octanol–water partition coefficient (Wildman–Crippen LogP) is 3.81. The van der Waals surface area contributed by atoms with Crippen LogP contribution in [-0.4, -0.2) is 0 Å². The van der Waals surface area contributed by atoms with Crippen molar-refractivity contribution in [1.82, 2.24) is 0 Å². The average Bonchev–Trinajstić information content (AvgIpc) is 2.88. The van der Waals surface area contributed by atoms with E-state index in [1.165, 1.54) is 20.8 Å². The van der Waals surface area contributed by atoms with E-state index in [0.29, 0.717) is 0 Å². The molecule has 2 heteroatoms. The summed E-state index contributed by atoms with van der Waals surface area (Å²) in [5.41, 5.74) is 1.36. The Morgan fingerprint density at radius 2 is 1.32 bits per heavy atom. The molecule has 1 heterocycles. The minimum atomic E-state index is -0.407.